The zero-order chi connectivity index (χ0) is 11.4. The smallest absolute Gasteiger partial charge is 0.145 e. The Hall–Kier alpha value is -1.49. The van der Waals surface area contributed by atoms with Crippen LogP contribution in [0.4, 0.5) is 8.78 Å². The van der Waals surface area contributed by atoms with E-state index in [2.05, 4.69) is 10.4 Å². The summed E-state index contributed by atoms with van der Waals surface area (Å²) in [6.45, 7) is 3.66. The number of nitrogens with one attached hydrogen (secondary N) is 1. The second kappa shape index (κ2) is 4.84. The molecule has 0 spiro atoms. The van der Waals surface area contributed by atoms with Crippen molar-refractivity contribution < 1.29 is 8.78 Å². The van der Waals surface area contributed by atoms with Gasteiger partial charge in [-0.2, -0.15) is 0 Å². The van der Waals surface area contributed by atoms with Crippen LogP contribution in [-0.2, 0) is 0 Å². The third-order valence-electron chi connectivity index (χ3n) is 1.71. The fourth-order valence-electron chi connectivity index (χ4n) is 1.12. The molecule has 0 heterocycles. The van der Waals surface area contributed by atoms with Gasteiger partial charge in [-0.3, -0.25) is 4.99 Å². The van der Waals surface area contributed by atoms with Crippen LogP contribution in [0.3, 0.4) is 0 Å². The summed E-state index contributed by atoms with van der Waals surface area (Å²) in [6, 6.07) is 3.22. The summed E-state index contributed by atoms with van der Waals surface area (Å²) in [6.07, 6.45) is 0. The first-order valence-corrected chi connectivity index (χ1v) is 4.54. The lowest BCUT2D eigenvalue weighted by Gasteiger charge is -2.08. The molecule has 0 saturated carbocycles. The highest BCUT2D eigenvalue weighted by Gasteiger charge is 2.09. The van der Waals surface area contributed by atoms with Crippen molar-refractivity contribution in [2.75, 3.05) is 0 Å². The molecule has 0 aliphatic heterocycles. The van der Waals surface area contributed by atoms with E-state index in [0.717, 1.165) is 12.1 Å². The van der Waals surface area contributed by atoms with Gasteiger partial charge in [0.25, 0.3) is 0 Å². The maximum absolute atomic E-state index is 13.3. The lowest BCUT2D eigenvalue weighted by Crippen LogP contribution is -2.32. The number of hydrazine groups is 1. The third kappa shape index (κ3) is 2.99. The Kier molecular flexibility index (Phi) is 3.74. The van der Waals surface area contributed by atoms with Crippen LogP contribution in [0.15, 0.2) is 23.2 Å². The van der Waals surface area contributed by atoms with E-state index in [4.69, 9.17) is 5.84 Å². The van der Waals surface area contributed by atoms with E-state index >= 15 is 0 Å². The Morgan fingerprint density at radius 3 is 2.53 bits per heavy atom. The van der Waals surface area contributed by atoms with Crippen molar-refractivity contribution in [3.63, 3.8) is 0 Å². The zero-order valence-corrected chi connectivity index (χ0v) is 8.59. The Labute approximate surface area is 87.0 Å². The van der Waals surface area contributed by atoms with E-state index < -0.39 is 11.6 Å². The van der Waals surface area contributed by atoms with E-state index in [9.17, 15) is 8.78 Å². The molecule has 0 unspecified atom stereocenters. The number of amidine groups is 1. The van der Waals surface area contributed by atoms with Gasteiger partial charge in [-0.05, 0) is 26.0 Å². The molecular formula is C10H13F2N3. The number of nitrogens with two attached hydrogens (primary N) is 1. The summed E-state index contributed by atoms with van der Waals surface area (Å²) >= 11 is 0. The van der Waals surface area contributed by atoms with Gasteiger partial charge in [0, 0.05) is 12.1 Å². The molecule has 1 aromatic carbocycles. The predicted octanol–water partition coefficient (Wildman–Crippen LogP) is 1.58. The summed E-state index contributed by atoms with van der Waals surface area (Å²) in [5.41, 5.74) is 2.46. The molecule has 0 aliphatic rings. The largest absolute Gasteiger partial charge is 0.308 e. The molecule has 3 N–H and O–H groups in total. The van der Waals surface area contributed by atoms with E-state index in [1.165, 1.54) is 6.07 Å². The van der Waals surface area contributed by atoms with Gasteiger partial charge in [-0.25, -0.2) is 14.6 Å². The third-order valence-corrected chi connectivity index (χ3v) is 1.71. The Bertz CT molecular complexity index is 375. The van der Waals surface area contributed by atoms with E-state index in [1.54, 1.807) is 0 Å². The summed E-state index contributed by atoms with van der Waals surface area (Å²) < 4.78 is 26.0. The lowest BCUT2D eigenvalue weighted by molar-refractivity contribution is 0.581. The molecule has 0 saturated heterocycles. The molecule has 0 amide bonds. The average Bonchev–Trinajstić information content (AvgIpc) is 2.14. The van der Waals surface area contributed by atoms with Crippen LogP contribution >= 0.6 is 0 Å². The topological polar surface area (TPSA) is 50.4 Å². The maximum atomic E-state index is 13.3. The molecule has 0 radical (unpaired) electrons. The standard InChI is InChI=1S/C10H13F2N3/c1-6(2)14-10(15-13)8-4-3-7(11)5-9(8)12/h3-6H,13H2,1-2H3,(H,14,15). The molecule has 3 nitrogen and oxygen atoms in total. The molecule has 82 valence electrons. The highest BCUT2D eigenvalue weighted by Crippen LogP contribution is 2.10. The summed E-state index contributed by atoms with van der Waals surface area (Å²) in [7, 11) is 0. The number of halogens is 2. The molecular weight excluding hydrogens is 200 g/mol. The number of hydrogen-bond acceptors (Lipinski definition) is 2. The first-order valence-electron chi connectivity index (χ1n) is 4.54. The highest BCUT2D eigenvalue weighted by molar-refractivity contribution is 5.98. The fraction of sp³-hybridized carbons (Fsp3) is 0.300. The Morgan fingerprint density at radius 2 is 2.07 bits per heavy atom. The second-order valence-electron chi connectivity index (χ2n) is 3.34. The number of nitrogens with zero attached hydrogens (tertiary/aromatic N) is 1. The van der Waals surface area contributed by atoms with Crippen LogP contribution in [0.1, 0.15) is 19.4 Å². The maximum Gasteiger partial charge on any atom is 0.145 e. The van der Waals surface area contributed by atoms with Crippen LogP contribution < -0.4 is 11.3 Å². The van der Waals surface area contributed by atoms with Crippen LogP contribution in [0.25, 0.3) is 0 Å². The normalized spacial score (nSPS) is 12.0. The molecule has 0 atom stereocenters. The van der Waals surface area contributed by atoms with Crippen molar-refractivity contribution in [1.82, 2.24) is 5.43 Å². The zero-order valence-electron chi connectivity index (χ0n) is 8.59. The van der Waals surface area contributed by atoms with Crippen molar-refractivity contribution >= 4 is 5.84 Å². The highest BCUT2D eigenvalue weighted by atomic mass is 19.1. The van der Waals surface area contributed by atoms with E-state index in [-0.39, 0.29) is 17.4 Å². The van der Waals surface area contributed by atoms with Crippen LogP contribution in [0.2, 0.25) is 0 Å². The van der Waals surface area contributed by atoms with Gasteiger partial charge in [0.15, 0.2) is 0 Å². The minimum atomic E-state index is -0.688. The van der Waals surface area contributed by atoms with Crippen LogP contribution in [0.5, 0.6) is 0 Å². The first kappa shape index (κ1) is 11.6. The fourth-order valence-corrected chi connectivity index (χ4v) is 1.12. The SMILES string of the molecule is CC(C)N=C(NN)c1ccc(F)cc1F. The van der Waals surface area contributed by atoms with Crippen molar-refractivity contribution in [3.05, 3.63) is 35.4 Å². The lowest BCUT2D eigenvalue weighted by atomic mass is 10.2. The quantitative estimate of drug-likeness (QED) is 0.339. The van der Waals surface area contributed by atoms with Gasteiger partial charge in [0.2, 0.25) is 0 Å². The van der Waals surface area contributed by atoms with Crippen molar-refractivity contribution in [1.29, 1.82) is 0 Å². The second-order valence-corrected chi connectivity index (χ2v) is 3.34. The number of rotatable bonds is 2. The van der Waals surface area contributed by atoms with E-state index in [0.29, 0.717) is 0 Å². The van der Waals surface area contributed by atoms with Crippen molar-refractivity contribution in [3.8, 4) is 0 Å². The van der Waals surface area contributed by atoms with Crippen LogP contribution in [-0.4, -0.2) is 11.9 Å². The minimum absolute atomic E-state index is 0.0273. The minimum Gasteiger partial charge on any atom is -0.308 e. The monoisotopic (exact) mass is 213 g/mol. The number of benzene rings is 1. The van der Waals surface area contributed by atoms with Crippen molar-refractivity contribution in [2.45, 2.75) is 19.9 Å². The van der Waals surface area contributed by atoms with Gasteiger partial charge in [-0.1, -0.05) is 0 Å². The van der Waals surface area contributed by atoms with Gasteiger partial charge < -0.3 is 5.43 Å². The molecule has 1 rings (SSSR count). The Balaban J connectivity index is 3.13. The number of hydrogen-bond donors (Lipinski definition) is 2. The molecule has 0 aromatic heterocycles. The van der Waals surface area contributed by atoms with E-state index in [1.807, 2.05) is 13.8 Å². The van der Waals surface area contributed by atoms with Gasteiger partial charge in [-0.15, -0.1) is 0 Å². The molecule has 0 bridgehead atoms. The molecule has 0 fully saturated rings. The number of aliphatic imine (C=N–C) groups is 1. The first-order chi connectivity index (χ1) is 7.04. The van der Waals surface area contributed by atoms with Crippen molar-refractivity contribution in [2.24, 2.45) is 10.8 Å². The molecule has 15 heavy (non-hydrogen) atoms. The summed E-state index contributed by atoms with van der Waals surface area (Å²) in [4.78, 5) is 4.07. The molecule has 5 heteroatoms. The Morgan fingerprint density at radius 1 is 1.40 bits per heavy atom. The summed E-state index contributed by atoms with van der Waals surface area (Å²) in [5, 5.41) is 0. The van der Waals surface area contributed by atoms with Crippen LogP contribution in [0, 0.1) is 11.6 Å². The predicted molar refractivity (Wildman–Crippen MR) is 55.4 cm³/mol. The average molecular weight is 213 g/mol. The summed E-state index contributed by atoms with van der Waals surface area (Å²) in [5.74, 6) is 4.11. The molecule has 1 aromatic rings. The van der Waals surface area contributed by atoms with Gasteiger partial charge >= 0.3 is 0 Å². The molecule has 0 aliphatic carbocycles. The van der Waals surface area contributed by atoms with Gasteiger partial charge in [0.1, 0.15) is 17.5 Å². The van der Waals surface area contributed by atoms with Gasteiger partial charge in [0.05, 0.1) is 5.56 Å².